The van der Waals surface area contributed by atoms with Crippen LogP contribution in [0.15, 0.2) is 65.2 Å². The molecule has 6 nitrogen and oxygen atoms in total. The van der Waals surface area contributed by atoms with E-state index in [9.17, 15) is 4.79 Å². The molecule has 2 aromatic carbocycles. The summed E-state index contributed by atoms with van der Waals surface area (Å²) >= 11 is 0. The number of rotatable bonds is 7. The van der Waals surface area contributed by atoms with Crippen molar-refractivity contribution in [3.63, 3.8) is 0 Å². The molecule has 1 aromatic heterocycles. The third kappa shape index (κ3) is 4.91. The Balaban J connectivity index is 1.51. The van der Waals surface area contributed by atoms with Crippen LogP contribution in [-0.4, -0.2) is 22.7 Å². The van der Waals surface area contributed by atoms with Crippen LogP contribution in [0, 0.1) is 0 Å². The fraction of sp³-hybridized carbons (Fsp3) is 0.211. The van der Waals surface area contributed by atoms with Gasteiger partial charge in [0.2, 0.25) is 5.89 Å². The average molecular weight is 337 g/mol. The summed E-state index contributed by atoms with van der Waals surface area (Å²) in [6, 6.07) is 18.7. The normalized spacial score (nSPS) is 11.7. The van der Waals surface area contributed by atoms with Gasteiger partial charge in [-0.2, -0.15) is 4.98 Å². The van der Waals surface area contributed by atoms with Crippen molar-refractivity contribution in [1.29, 1.82) is 0 Å². The summed E-state index contributed by atoms with van der Waals surface area (Å²) in [5.74, 6) is 1.36. The number of ether oxygens (including phenoxy) is 1. The number of para-hydroxylation sites is 1. The molecule has 0 radical (unpaired) electrons. The van der Waals surface area contributed by atoms with E-state index in [1.54, 1.807) is 19.1 Å². The Morgan fingerprint density at radius 2 is 1.80 bits per heavy atom. The van der Waals surface area contributed by atoms with Crippen molar-refractivity contribution >= 4 is 5.91 Å². The molecule has 0 aliphatic rings. The lowest BCUT2D eigenvalue weighted by Crippen LogP contribution is -2.31. The van der Waals surface area contributed by atoms with Gasteiger partial charge in [-0.1, -0.05) is 53.7 Å². The Morgan fingerprint density at radius 1 is 1.12 bits per heavy atom. The fourth-order valence-electron chi connectivity index (χ4n) is 2.30. The minimum atomic E-state index is -0.361. The lowest BCUT2D eigenvalue weighted by molar-refractivity contribution is -0.123. The Labute approximate surface area is 145 Å². The molecule has 3 aromatic rings. The second-order valence-corrected chi connectivity index (χ2v) is 5.60. The quantitative estimate of drug-likeness (QED) is 0.717. The molecule has 1 atom stereocenters. The van der Waals surface area contributed by atoms with Crippen molar-refractivity contribution in [2.45, 2.75) is 19.4 Å². The first-order chi connectivity index (χ1) is 12.2. The number of hydrogen-bond acceptors (Lipinski definition) is 5. The van der Waals surface area contributed by atoms with E-state index in [0.717, 1.165) is 5.56 Å². The number of carbonyl (C=O) groups is 1. The molecule has 6 heteroatoms. The highest BCUT2D eigenvalue weighted by atomic mass is 16.5. The molecule has 1 amide bonds. The first-order valence-corrected chi connectivity index (χ1v) is 8.04. The maximum absolute atomic E-state index is 12.0. The minimum Gasteiger partial charge on any atom is -0.484 e. The van der Waals surface area contributed by atoms with E-state index in [0.29, 0.717) is 23.9 Å². The zero-order valence-corrected chi connectivity index (χ0v) is 13.9. The number of hydrogen-bond donors (Lipinski definition) is 1. The second kappa shape index (κ2) is 8.10. The van der Waals surface area contributed by atoms with Crippen molar-refractivity contribution < 1.29 is 14.1 Å². The van der Waals surface area contributed by atoms with Crippen molar-refractivity contribution in [2.24, 2.45) is 0 Å². The summed E-state index contributed by atoms with van der Waals surface area (Å²) in [5, 5.41) is 6.74. The number of carbonyl (C=O) groups excluding carboxylic acids is 1. The SMILES string of the molecule is C[C@@H](NC(=O)COc1ccccc1)c1noc(Cc2ccccc2)n1. The molecule has 0 saturated carbocycles. The van der Waals surface area contributed by atoms with Crippen LogP contribution in [0.1, 0.15) is 30.2 Å². The molecule has 0 bridgehead atoms. The maximum Gasteiger partial charge on any atom is 0.258 e. The van der Waals surface area contributed by atoms with Gasteiger partial charge in [-0.25, -0.2) is 0 Å². The van der Waals surface area contributed by atoms with Gasteiger partial charge in [0.15, 0.2) is 12.4 Å². The van der Waals surface area contributed by atoms with Gasteiger partial charge in [-0.05, 0) is 24.6 Å². The molecule has 25 heavy (non-hydrogen) atoms. The van der Waals surface area contributed by atoms with Crippen molar-refractivity contribution in [2.75, 3.05) is 6.61 Å². The topological polar surface area (TPSA) is 77.2 Å². The predicted molar refractivity (Wildman–Crippen MR) is 92.0 cm³/mol. The zero-order chi connectivity index (χ0) is 17.5. The van der Waals surface area contributed by atoms with Crippen molar-refractivity contribution in [3.8, 4) is 5.75 Å². The smallest absolute Gasteiger partial charge is 0.258 e. The van der Waals surface area contributed by atoms with E-state index < -0.39 is 0 Å². The van der Waals surface area contributed by atoms with Crippen LogP contribution in [0.5, 0.6) is 5.75 Å². The zero-order valence-electron chi connectivity index (χ0n) is 13.9. The Bertz CT molecular complexity index is 803. The molecule has 1 heterocycles. The van der Waals surface area contributed by atoms with Gasteiger partial charge >= 0.3 is 0 Å². The van der Waals surface area contributed by atoms with Gasteiger partial charge in [-0.15, -0.1) is 0 Å². The molecule has 0 fully saturated rings. The number of nitrogens with one attached hydrogen (secondary N) is 1. The Morgan fingerprint density at radius 3 is 2.52 bits per heavy atom. The summed E-state index contributed by atoms with van der Waals surface area (Å²) in [6.45, 7) is 1.74. The van der Waals surface area contributed by atoms with Crippen LogP contribution in [0.2, 0.25) is 0 Å². The van der Waals surface area contributed by atoms with Crippen LogP contribution in [0.3, 0.4) is 0 Å². The van der Waals surface area contributed by atoms with Crippen molar-refractivity contribution in [1.82, 2.24) is 15.5 Å². The van der Waals surface area contributed by atoms with Crippen molar-refractivity contribution in [3.05, 3.63) is 77.9 Å². The molecule has 3 rings (SSSR count). The van der Waals surface area contributed by atoms with Crippen LogP contribution < -0.4 is 10.1 Å². The predicted octanol–water partition coefficient (Wildman–Crippen LogP) is 2.92. The molecule has 0 unspecified atom stereocenters. The lowest BCUT2D eigenvalue weighted by Gasteiger charge is -2.10. The summed E-state index contributed by atoms with van der Waals surface area (Å²) < 4.78 is 10.7. The van der Waals surface area contributed by atoms with E-state index in [-0.39, 0.29) is 18.6 Å². The highest BCUT2D eigenvalue weighted by molar-refractivity contribution is 5.77. The maximum atomic E-state index is 12.0. The molecular weight excluding hydrogens is 318 g/mol. The minimum absolute atomic E-state index is 0.0664. The molecule has 0 aliphatic heterocycles. The fourth-order valence-corrected chi connectivity index (χ4v) is 2.30. The third-order valence-electron chi connectivity index (χ3n) is 3.56. The Kier molecular flexibility index (Phi) is 5.41. The summed E-state index contributed by atoms with van der Waals surface area (Å²) in [4.78, 5) is 16.3. The monoisotopic (exact) mass is 337 g/mol. The third-order valence-corrected chi connectivity index (χ3v) is 3.56. The summed E-state index contributed by atoms with van der Waals surface area (Å²) in [6.07, 6.45) is 0.561. The number of nitrogens with zero attached hydrogens (tertiary/aromatic N) is 2. The van der Waals surface area contributed by atoms with Crippen LogP contribution in [0.25, 0.3) is 0 Å². The molecule has 128 valence electrons. The highest BCUT2D eigenvalue weighted by Gasteiger charge is 2.16. The van der Waals surface area contributed by atoms with E-state index in [4.69, 9.17) is 9.26 Å². The van der Waals surface area contributed by atoms with E-state index >= 15 is 0 Å². The Hall–Kier alpha value is -3.15. The van der Waals surface area contributed by atoms with Gasteiger partial charge < -0.3 is 14.6 Å². The second-order valence-electron chi connectivity index (χ2n) is 5.60. The average Bonchev–Trinajstić information content (AvgIpc) is 3.10. The number of amides is 1. The van der Waals surface area contributed by atoms with E-state index in [1.165, 1.54) is 0 Å². The first kappa shape index (κ1) is 16.7. The first-order valence-electron chi connectivity index (χ1n) is 8.04. The van der Waals surface area contributed by atoms with Gasteiger partial charge in [0.25, 0.3) is 5.91 Å². The van der Waals surface area contributed by atoms with Gasteiger partial charge in [0.05, 0.1) is 12.5 Å². The molecule has 0 spiro atoms. The van der Waals surface area contributed by atoms with E-state index in [1.807, 2.05) is 48.5 Å². The van der Waals surface area contributed by atoms with Gasteiger partial charge in [0.1, 0.15) is 5.75 Å². The number of benzene rings is 2. The van der Waals surface area contributed by atoms with Gasteiger partial charge in [-0.3, -0.25) is 4.79 Å². The molecule has 1 N–H and O–H groups in total. The summed E-state index contributed by atoms with van der Waals surface area (Å²) in [7, 11) is 0. The largest absolute Gasteiger partial charge is 0.484 e. The van der Waals surface area contributed by atoms with Crippen LogP contribution in [-0.2, 0) is 11.2 Å². The molecule has 0 saturated heterocycles. The number of aromatic nitrogens is 2. The van der Waals surface area contributed by atoms with Crippen LogP contribution in [0.4, 0.5) is 0 Å². The van der Waals surface area contributed by atoms with Crippen LogP contribution >= 0.6 is 0 Å². The van der Waals surface area contributed by atoms with E-state index in [2.05, 4.69) is 15.5 Å². The molecular formula is C19H19N3O3. The van der Waals surface area contributed by atoms with Gasteiger partial charge in [0, 0.05) is 0 Å². The molecule has 0 aliphatic carbocycles. The highest BCUT2D eigenvalue weighted by Crippen LogP contribution is 2.12. The lowest BCUT2D eigenvalue weighted by atomic mass is 10.1. The summed E-state index contributed by atoms with van der Waals surface area (Å²) in [5.41, 5.74) is 1.09. The standard InChI is InChI=1S/C19H19N3O3/c1-14(20-17(23)13-24-16-10-6-3-7-11-16)19-21-18(25-22-19)12-15-8-4-2-5-9-15/h2-11,14H,12-13H2,1H3,(H,20,23)/t14-/m1/s1.